The Kier molecular flexibility index (Phi) is 2.80. The third-order valence-corrected chi connectivity index (χ3v) is 2.46. The Morgan fingerprint density at radius 3 is 2.69 bits per heavy atom. The van der Waals surface area contributed by atoms with Crippen LogP contribution in [0.15, 0.2) is 18.2 Å². The number of halogens is 4. The number of aryl methyl sites for hydroxylation is 1. The van der Waals surface area contributed by atoms with Gasteiger partial charge in [-0.2, -0.15) is 13.2 Å². The smallest absolute Gasteiger partial charge is 0.342 e. The topological polar surface area (TPSA) is 28.7 Å². The van der Waals surface area contributed by atoms with Crippen LogP contribution in [0.1, 0.15) is 12.2 Å². The maximum atomic E-state index is 12.0. The lowest BCUT2D eigenvalue weighted by Crippen LogP contribution is -2.09. The van der Waals surface area contributed by atoms with Crippen molar-refractivity contribution in [1.82, 2.24) is 9.97 Å². The van der Waals surface area contributed by atoms with Crippen molar-refractivity contribution in [3.05, 3.63) is 29.0 Å². The second-order valence-electron chi connectivity index (χ2n) is 3.43. The molecular formula is C10H8ClF3N2. The first-order valence-corrected chi connectivity index (χ1v) is 5.03. The summed E-state index contributed by atoms with van der Waals surface area (Å²) >= 11 is 5.86. The van der Waals surface area contributed by atoms with Gasteiger partial charge in [-0.3, -0.25) is 0 Å². The lowest BCUT2D eigenvalue weighted by atomic mass is 10.3. The van der Waals surface area contributed by atoms with Crippen LogP contribution < -0.4 is 0 Å². The number of H-pyrrole nitrogens is 1. The highest BCUT2D eigenvalue weighted by molar-refractivity contribution is 6.34. The number of hydrogen-bond donors (Lipinski definition) is 1. The summed E-state index contributed by atoms with van der Waals surface area (Å²) in [5.41, 5.74) is 1.17. The van der Waals surface area contributed by atoms with E-state index >= 15 is 0 Å². The number of alkyl halides is 3. The molecule has 1 aromatic carbocycles. The summed E-state index contributed by atoms with van der Waals surface area (Å²) in [4.78, 5) is 6.84. The normalized spacial score (nSPS) is 12.2. The Hall–Kier alpha value is -1.23. The zero-order valence-corrected chi connectivity index (χ0v) is 8.86. The largest absolute Gasteiger partial charge is 0.389 e. The zero-order valence-electron chi connectivity index (χ0n) is 8.11. The van der Waals surface area contributed by atoms with Gasteiger partial charge in [0, 0.05) is 6.42 Å². The fraction of sp³-hybridized carbons (Fsp3) is 0.300. The molecule has 2 aromatic rings. The molecule has 0 fully saturated rings. The summed E-state index contributed by atoms with van der Waals surface area (Å²) in [5, 5.41) is 0.437. The van der Waals surface area contributed by atoms with Crippen molar-refractivity contribution in [3.63, 3.8) is 0 Å². The van der Waals surface area contributed by atoms with Gasteiger partial charge in [0.05, 0.1) is 17.0 Å². The average molecular weight is 249 g/mol. The second-order valence-corrected chi connectivity index (χ2v) is 3.84. The first-order valence-electron chi connectivity index (χ1n) is 4.65. The molecule has 1 aromatic heterocycles. The van der Waals surface area contributed by atoms with Crippen LogP contribution in [-0.2, 0) is 6.42 Å². The maximum Gasteiger partial charge on any atom is 0.389 e. The summed E-state index contributed by atoms with van der Waals surface area (Å²) in [6.07, 6.45) is -5.21. The van der Waals surface area contributed by atoms with Crippen LogP contribution in [0, 0.1) is 0 Å². The highest BCUT2D eigenvalue weighted by Crippen LogP contribution is 2.24. The SMILES string of the molecule is FC(F)(F)CCc1nc2c(Cl)cccc2[nH]1. The Morgan fingerprint density at radius 2 is 2.06 bits per heavy atom. The van der Waals surface area contributed by atoms with Gasteiger partial charge in [-0.15, -0.1) is 0 Å². The lowest BCUT2D eigenvalue weighted by molar-refractivity contribution is -0.134. The van der Waals surface area contributed by atoms with E-state index in [9.17, 15) is 13.2 Å². The quantitative estimate of drug-likeness (QED) is 0.862. The van der Waals surface area contributed by atoms with E-state index in [4.69, 9.17) is 11.6 Å². The van der Waals surface area contributed by atoms with E-state index in [-0.39, 0.29) is 6.42 Å². The number of rotatable bonds is 2. The second kappa shape index (κ2) is 3.97. The number of para-hydroxylation sites is 1. The van der Waals surface area contributed by atoms with Gasteiger partial charge in [-0.05, 0) is 12.1 Å². The molecule has 0 amide bonds. The number of hydrogen-bond acceptors (Lipinski definition) is 1. The first kappa shape index (κ1) is 11.3. The van der Waals surface area contributed by atoms with Crippen molar-refractivity contribution < 1.29 is 13.2 Å². The molecule has 0 spiro atoms. The number of aromatic amines is 1. The molecule has 86 valence electrons. The predicted molar refractivity (Wildman–Crippen MR) is 55.5 cm³/mol. The van der Waals surface area contributed by atoms with Gasteiger partial charge in [-0.1, -0.05) is 17.7 Å². The van der Waals surface area contributed by atoms with Gasteiger partial charge < -0.3 is 4.98 Å². The number of fused-ring (bicyclic) bond motifs is 1. The third kappa shape index (κ3) is 2.47. The fourth-order valence-electron chi connectivity index (χ4n) is 1.43. The predicted octanol–water partition coefficient (Wildman–Crippen LogP) is 3.71. The van der Waals surface area contributed by atoms with E-state index in [0.717, 1.165) is 0 Å². The standard InChI is InChI=1S/C10H8ClF3N2/c11-6-2-1-3-7-9(6)16-8(15-7)4-5-10(12,13)14/h1-3H,4-5H2,(H,15,16). The molecule has 2 nitrogen and oxygen atoms in total. The van der Waals surface area contributed by atoms with E-state index in [0.29, 0.717) is 21.9 Å². The number of benzene rings is 1. The molecule has 0 bridgehead atoms. The molecule has 16 heavy (non-hydrogen) atoms. The molecule has 0 radical (unpaired) electrons. The molecule has 0 unspecified atom stereocenters. The van der Waals surface area contributed by atoms with Crippen LogP contribution in [0.5, 0.6) is 0 Å². The summed E-state index contributed by atoms with van der Waals surface area (Å²) in [6.45, 7) is 0. The Balaban J connectivity index is 2.24. The molecule has 1 N–H and O–H groups in total. The van der Waals surface area contributed by atoms with Gasteiger partial charge in [0.2, 0.25) is 0 Å². The minimum absolute atomic E-state index is 0.158. The fourth-order valence-corrected chi connectivity index (χ4v) is 1.64. The molecule has 2 rings (SSSR count). The van der Waals surface area contributed by atoms with Crippen LogP contribution >= 0.6 is 11.6 Å². The molecule has 0 aliphatic rings. The Morgan fingerprint density at radius 1 is 1.31 bits per heavy atom. The number of nitrogens with zero attached hydrogens (tertiary/aromatic N) is 1. The van der Waals surface area contributed by atoms with Crippen LogP contribution in [0.2, 0.25) is 5.02 Å². The van der Waals surface area contributed by atoms with Crippen molar-refractivity contribution in [2.75, 3.05) is 0 Å². The van der Waals surface area contributed by atoms with Gasteiger partial charge >= 0.3 is 6.18 Å². The average Bonchev–Trinajstić information content (AvgIpc) is 2.58. The Bertz CT molecular complexity index is 504. The minimum atomic E-state index is -4.16. The molecule has 0 atom stereocenters. The molecular weight excluding hydrogens is 241 g/mol. The molecule has 0 saturated carbocycles. The minimum Gasteiger partial charge on any atom is -0.342 e. The zero-order chi connectivity index (χ0) is 11.8. The van der Waals surface area contributed by atoms with Gasteiger partial charge in [0.15, 0.2) is 0 Å². The van der Waals surface area contributed by atoms with Gasteiger partial charge in [0.25, 0.3) is 0 Å². The summed E-state index contributed by atoms with van der Waals surface area (Å²) in [7, 11) is 0. The maximum absolute atomic E-state index is 12.0. The van der Waals surface area contributed by atoms with Gasteiger partial charge in [-0.25, -0.2) is 4.98 Å². The number of imidazole rings is 1. The first-order chi connectivity index (χ1) is 7.46. The van der Waals surface area contributed by atoms with Crippen molar-refractivity contribution in [1.29, 1.82) is 0 Å². The van der Waals surface area contributed by atoms with E-state index in [2.05, 4.69) is 9.97 Å². The molecule has 0 saturated heterocycles. The summed E-state index contributed by atoms with van der Waals surface area (Å²) in [6, 6.07) is 5.10. The van der Waals surface area contributed by atoms with Crippen molar-refractivity contribution in [3.8, 4) is 0 Å². The van der Waals surface area contributed by atoms with Crippen LogP contribution in [0.4, 0.5) is 13.2 Å². The van der Waals surface area contributed by atoms with Gasteiger partial charge in [0.1, 0.15) is 11.3 Å². The van der Waals surface area contributed by atoms with Crippen molar-refractivity contribution in [2.24, 2.45) is 0 Å². The highest BCUT2D eigenvalue weighted by Gasteiger charge is 2.27. The Labute approximate surface area is 94.4 Å². The lowest BCUT2D eigenvalue weighted by Gasteiger charge is -2.02. The van der Waals surface area contributed by atoms with Crippen LogP contribution in [0.25, 0.3) is 11.0 Å². The molecule has 1 heterocycles. The van der Waals surface area contributed by atoms with Crippen LogP contribution in [0.3, 0.4) is 0 Å². The monoisotopic (exact) mass is 248 g/mol. The molecule has 6 heteroatoms. The number of aromatic nitrogens is 2. The number of nitrogens with one attached hydrogen (secondary N) is 1. The highest BCUT2D eigenvalue weighted by atomic mass is 35.5. The summed E-state index contributed by atoms with van der Waals surface area (Å²) < 4.78 is 36.0. The van der Waals surface area contributed by atoms with Crippen molar-refractivity contribution in [2.45, 2.75) is 19.0 Å². The molecule has 0 aliphatic heterocycles. The van der Waals surface area contributed by atoms with Crippen molar-refractivity contribution >= 4 is 22.6 Å². The molecule has 0 aliphatic carbocycles. The van der Waals surface area contributed by atoms with E-state index in [1.165, 1.54) is 0 Å². The van der Waals surface area contributed by atoms with E-state index in [1.807, 2.05) is 0 Å². The van der Waals surface area contributed by atoms with E-state index in [1.54, 1.807) is 18.2 Å². The van der Waals surface area contributed by atoms with E-state index < -0.39 is 12.6 Å². The third-order valence-electron chi connectivity index (χ3n) is 2.16. The summed E-state index contributed by atoms with van der Waals surface area (Å²) in [5.74, 6) is 0.306. The van der Waals surface area contributed by atoms with Crippen LogP contribution in [-0.4, -0.2) is 16.1 Å².